The van der Waals surface area contributed by atoms with E-state index < -0.39 is 0 Å². The standard InChI is InChI=1S/C8H9Cl2N3O.C8H6Cl2N2.H3NO/c1-3-5(8(11)13-14)7(10)12-4(2)6(3)9;1-4-6(3-11)8(10)12-5(2)7(4)9;1-2/h14H,1-2H3,(H2,11,13);1-2H3;2H,1H2. The van der Waals surface area contributed by atoms with Crippen LogP contribution in [0.1, 0.15) is 33.6 Å². The number of hydrogen-bond acceptors (Lipinski definition) is 7. The van der Waals surface area contributed by atoms with E-state index in [-0.39, 0.29) is 16.1 Å². The molecule has 0 saturated carbocycles. The van der Waals surface area contributed by atoms with Crippen LogP contribution in [0.2, 0.25) is 20.4 Å². The van der Waals surface area contributed by atoms with E-state index in [4.69, 9.17) is 67.8 Å². The summed E-state index contributed by atoms with van der Waals surface area (Å²) in [5, 5.41) is 28.0. The summed E-state index contributed by atoms with van der Waals surface area (Å²) >= 11 is 23.4. The molecule has 2 rings (SSSR count). The molecule has 28 heavy (non-hydrogen) atoms. The van der Waals surface area contributed by atoms with Gasteiger partial charge >= 0.3 is 0 Å². The Morgan fingerprint density at radius 3 is 1.79 bits per heavy atom. The minimum absolute atomic E-state index is 0.0955. The van der Waals surface area contributed by atoms with Gasteiger partial charge in [-0.1, -0.05) is 51.6 Å². The largest absolute Gasteiger partial charge is 0.409 e. The molecule has 2 heterocycles. The first-order valence-corrected chi connectivity index (χ1v) is 8.86. The summed E-state index contributed by atoms with van der Waals surface area (Å²) < 4.78 is 0. The third-order valence-electron chi connectivity index (χ3n) is 3.46. The van der Waals surface area contributed by atoms with Gasteiger partial charge in [-0.05, 0) is 38.8 Å². The Morgan fingerprint density at radius 1 is 0.929 bits per heavy atom. The molecule has 8 nitrogen and oxygen atoms in total. The lowest BCUT2D eigenvalue weighted by atomic mass is 10.1. The number of aromatic nitrogens is 2. The fourth-order valence-electron chi connectivity index (χ4n) is 2.05. The summed E-state index contributed by atoms with van der Waals surface area (Å²) in [7, 11) is 0. The number of oxime groups is 1. The van der Waals surface area contributed by atoms with Crippen LogP contribution >= 0.6 is 46.4 Å². The van der Waals surface area contributed by atoms with E-state index in [9.17, 15) is 0 Å². The van der Waals surface area contributed by atoms with Crippen molar-refractivity contribution >= 4 is 52.2 Å². The molecule has 152 valence electrons. The van der Waals surface area contributed by atoms with Crippen molar-refractivity contribution < 1.29 is 10.4 Å². The average Bonchev–Trinajstić information content (AvgIpc) is 2.66. The van der Waals surface area contributed by atoms with Crippen molar-refractivity contribution in [3.05, 3.63) is 54.0 Å². The van der Waals surface area contributed by atoms with Crippen molar-refractivity contribution in [2.24, 2.45) is 16.8 Å². The molecule has 0 spiro atoms. The zero-order chi connectivity index (χ0) is 22.2. The van der Waals surface area contributed by atoms with Gasteiger partial charge in [-0.25, -0.2) is 15.9 Å². The predicted molar refractivity (Wildman–Crippen MR) is 111 cm³/mol. The van der Waals surface area contributed by atoms with Crippen LogP contribution in [0.25, 0.3) is 0 Å². The van der Waals surface area contributed by atoms with Crippen molar-refractivity contribution in [2.45, 2.75) is 27.7 Å². The second-order valence-corrected chi connectivity index (χ2v) is 6.67. The monoisotopic (exact) mass is 466 g/mol. The smallest absolute Gasteiger partial charge is 0.173 e. The van der Waals surface area contributed by atoms with Gasteiger partial charge in [0, 0.05) is 0 Å². The van der Waals surface area contributed by atoms with Gasteiger partial charge in [0.25, 0.3) is 0 Å². The Labute approximate surface area is 182 Å². The zero-order valence-corrected chi connectivity index (χ0v) is 18.4. The summed E-state index contributed by atoms with van der Waals surface area (Å²) in [6, 6.07) is 1.95. The Balaban J connectivity index is 0.000000483. The number of amidine groups is 1. The summed E-state index contributed by atoms with van der Waals surface area (Å²) in [6.45, 7) is 6.97. The SMILES string of the molecule is Cc1nc(Cl)c(/C(N)=N/O)c(C)c1Cl.Cc1nc(Cl)c(C#N)c(C)c1Cl.NO. The van der Waals surface area contributed by atoms with Crippen molar-refractivity contribution in [3.8, 4) is 6.07 Å². The van der Waals surface area contributed by atoms with Crippen LogP contribution in [-0.4, -0.2) is 26.2 Å². The number of aryl methyl sites for hydroxylation is 2. The maximum absolute atomic E-state index is 8.68. The minimum Gasteiger partial charge on any atom is -0.409 e. The van der Waals surface area contributed by atoms with Gasteiger partial charge in [-0.15, -0.1) is 0 Å². The van der Waals surface area contributed by atoms with Gasteiger partial charge in [0.2, 0.25) is 0 Å². The van der Waals surface area contributed by atoms with Crippen LogP contribution in [0.3, 0.4) is 0 Å². The molecule has 0 saturated heterocycles. The Bertz CT molecular complexity index is 929. The van der Waals surface area contributed by atoms with Crippen LogP contribution in [0.4, 0.5) is 0 Å². The van der Waals surface area contributed by atoms with E-state index in [1.54, 1.807) is 27.7 Å². The lowest BCUT2D eigenvalue weighted by molar-refractivity contribution is 0.311. The lowest BCUT2D eigenvalue weighted by Crippen LogP contribution is -2.16. The van der Waals surface area contributed by atoms with E-state index in [1.807, 2.05) is 6.07 Å². The van der Waals surface area contributed by atoms with Gasteiger partial charge in [-0.2, -0.15) is 5.26 Å². The number of nitriles is 1. The van der Waals surface area contributed by atoms with E-state index in [0.717, 1.165) is 0 Å². The molecule has 0 atom stereocenters. The highest BCUT2D eigenvalue weighted by Gasteiger charge is 2.15. The molecule has 0 aliphatic rings. The van der Waals surface area contributed by atoms with Crippen LogP contribution in [0.15, 0.2) is 5.16 Å². The third-order valence-corrected chi connectivity index (χ3v) is 5.12. The maximum atomic E-state index is 8.68. The number of hydrogen-bond donors (Lipinski definition) is 4. The zero-order valence-electron chi connectivity index (χ0n) is 15.3. The van der Waals surface area contributed by atoms with E-state index in [2.05, 4.69) is 21.0 Å². The fourth-order valence-corrected chi connectivity index (χ4v) is 3.00. The summed E-state index contributed by atoms with van der Waals surface area (Å²) in [4.78, 5) is 7.88. The third kappa shape index (κ3) is 6.07. The molecule has 0 aromatic carbocycles. The molecule has 2 aromatic rings. The van der Waals surface area contributed by atoms with E-state index >= 15 is 0 Å². The Morgan fingerprint density at radius 2 is 1.36 bits per heavy atom. The highest BCUT2D eigenvalue weighted by atomic mass is 35.5. The van der Waals surface area contributed by atoms with Crippen molar-refractivity contribution in [3.63, 3.8) is 0 Å². The molecule has 0 fully saturated rings. The second kappa shape index (κ2) is 11.9. The second-order valence-electron chi connectivity index (χ2n) is 5.20. The molecule has 2 aromatic heterocycles. The topological polar surface area (TPSA) is 154 Å². The minimum atomic E-state index is -0.0955. The van der Waals surface area contributed by atoms with Gasteiger partial charge in [-0.3, -0.25) is 0 Å². The Kier molecular flexibility index (Phi) is 11.1. The van der Waals surface area contributed by atoms with E-state index in [0.29, 0.717) is 43.7 Å². The fraction of sp³-hybridized carbons (Fsp3) is 0.250. The lowest BCUT2D eigenvalue weighted by Gasteiger charge is -2.09. The molecule has 0 aliphatic carbocycles. The average molecular weight is 468 g/mol. The summed E-state index contributed by atoms with van der Waals surface area (Å²) in [6.07, 6.45) is 0. The van der Waals surface area contributed by atoms with Crippen molar-refractivity contribution in [1.82, 2.24) is 9.97 Å². The summed E-state index contributed by atoms with van der Waals surface area (Å²) in [5.41, 5.74) is 8.76. The van der Waals surface area contributed by atoms with Gasteiger partial charge < -0.3 is 16.1 Å². The molecule has 0 unspecified atom stereocenters. The molecule has 0 radical (unpaired) electrons. The number of halogens is 4. The van der Waals surface area contributed by atoms with Crippen molar-refractivity contribution in [1.29, 1.82) is 5.26 Å². The molecular formula is C16H18Cl4N6O2. The first kappa shape index (κ1) is 26.1. The highest BCUT2D eigenvalue weighted by Crippen LogP contribution is 2.27. The molecule has 12 heteroatoms. The molecular weight excluding hydrogens is 450 g/mol. The van der Waals surface area contributed by atoms with Gasteiger partial charge in [0.05, 0.1) is 32.6 Å². The van der Waals surface area contributed by atoms with E-state index in [1.165, 1.54) is 0 Å². The first-order valence-electron chi connectivity index (χ1n) is 7.34. The van der Waals surface area contributed by atoms with Gasteiger partial charge in [0.1, 0.15) is 16.4 Å². The predicted octanol–water partition coefficient (Wildman–Crippen LogP) is 4.31. The number of pyridine rings is 2. The Hall–Kier alpha value is -1.86. The molecule has 0 bridgehead atoms. The number of nitrogens with two attached hydrogens (primary N) is 2. The highest BCUT2D eigenvalue weighted by molar-refractivity contribution is 6.36. The van der Waals surface area contributed by atoms with Crippen LogP contribution in [0, 0.1) is 39.0 Å². The first-order chi connectivity index (χ1) is 13.1. The van der Waals surface area contributed by atoms with Crippen LogP contribution < -0.4 is 11.6 Å². The molecule has 6 N–H and O–H groups in total. The molecule has 0 aliphatic heterocycles. The molecule has 0 amide bonds. The quantitative estimate of drug-likeness (QED) is 0.160. The van der Waals surface area contributed by atoms with Crippen molar-refractivity contribution in [2.75, 3.05) is 0 Å². The summed E-state index contributed by atoms with van der Waals surface area (Å²) in [5.74, 6) is 3.40. The maximum Gasteiger partial charge on any atom is 0.173 e. The van der Waals surface area contributed by atoms with Gasteiger partial charge in [0.15, 0.2) is 5.84 Å². The van der Waals surface area contributed by atoms with Crippen LogP contribution in [-0.2, 0) is 0 Å². The number of nitrogens with zero attached hydrogens (tertiary/aromatic N) is 4. The number of rotatable bonds is 1. The van der Waals surface area contributed by atoms with Crippen LogP contribution in [0.5, 0.6) is 0 Å². The normalized spacial score (nSPS) is 10.2.